The Labute approximate surface area is 173 Å². The summed E-state index contributed by atoms with van der Waals surface area (Å²) < 4.78 is 2.07. The van der Waals surface area contributed by atoms with E-state index in [1.165, 1.54) is 4.88 Å². The Balaban J connectivity index is 0.00000225. The third-order valence-electron chi connectivity index (χ3n) is 4.90. The van der Waals surface area contributed by atoms with Crippen LogP contribution in [-0.4, -0.2) is 39.0 Å². The van der Waals surface area contributed by atoms with E-state index < -0.39 is 0 Å². The van der Waals surface area contributed by atoms with Gasteiger partial charge in [0.25, 0.3) is 5.69 Å². The van der Waals surface area contributed by atoms with Crippen molar-refractivity contribution in [2.75, 3.05) is 19.6 Å². The summed E-state index contributed by atoms with van der Waals surface area (Å²) in [6, 6.07) is 11.2. The third kappa shape index (κ3) is 4.10. The molecular weight excluding hydrogens is 398 g/mol. The zero-order valence-electron chi connectivity index (χ0n) is 15.4. The highest BCUT2D eigenvalue weighted by Crippen LogP contribution is 2.35. The van der Waals surface area contributed by atoms with Crippen LogP contribution in [0.25, 0.3) is 10.4 Å². The summed E-state index contributed by atoms with van der Waals surface area (Å²) >= 11 is 1.62. The minimum absolute atomic E-state index is 0. The fraction of sp³-hybridized carbons (Fsp3) is 0.316. The highest BCUT2D eigenvalue weighted by Gasteiger charge is 2.27. The number of benzene rings is 1. The normalized spacial score (nSPS) is 17.2. The topological polar surface area (TPSA) is 76.2 Å². The second-order valence-electron chi connectivity index (χ2n) is 6.63. The standard InChI is InChI=1S/C19H21N5O2S.ClH/c1-22-10-9-21-19(22)17-12-20-8-11-23(17)13-14-6-7-18(27-14)15-4-2-3-5-16(15)24(25)26;/h2-7,9-10,17,20H,8,11-13H2,1H3;1H. The lowest BCUT2D eigenvalue weighted by molar-refractivity contribution is -0.384. The molecule has 1 aliphatic rings. The molecule has 1 fully saturated rings. The van der Waals surface area contributed by atoms with Crippen LogP contribution in [0.1, 0.15) is 16.7 Å². The zero-order valence-corrected chi connectivity index (χ0v) is 17.1. The van der Waals surface area contributed by atoms with Crippen LogP contribution in [0.3, 0.4) is 0 Å². The molecule has 0 radical (unpaired) electrons. The number of hydrogen-bond acceptors (Lipinski definition) is 6. The number of halogens is 1. The number of nitro groups is 1. The molecular formula is C19H22ClN5O2S. The number of nitrogens with one attached hydrogen (secondary N) is 1. The first-order chi connectivity index (χ1) is 13.1. The molecule has 9 heteroatoms. The number of piperazine rings is 1. The van der Waals surface area contributed by atoms with Crippen molar-refractivity contribution in [1.29, 1.82) is 0 Å². The smallest absolute Gasteiger partial charge is 0.278 e. The van der Waals surface area contributed by atoms with Crippen molar-refractivity contribution in [1.82, 2.24) is 19.8 Å². The summed E-state index contributed by atoms with van der Waals surface area (Å²) in [4.78, 5) is 20.1. The predicted octanol–water partition coefficient (Wildman–Crippen LogP) is 3.63. The number of thiophene rings is 1. The number of rotatable bonds is 5. The van der Waals surface area contributed by atoms with Gasteiger partial charge < -0.3 is 9.88 Å². The van der Waals surface area contributed by atoms with E-state index in [-0.39, 0.29) is 29.1 Å². The van der Waals surface area contributed by atoms with Crippen molar-refractivity contribution >= 4 is 29.4 Å². The Hall–Kier alpha value is -2.26. The van der Waals surface area contributed by atoms with E-state index in [4.69, 9.17) is 0 Å². The minimum Gasteiger partial charge on any atom is -0.337 e. The molecule has 1 aromatic carbocycles. The molecule has 0 saturated carbocycles. The van der Waals surface area contributed by atoms with Crippen molar-refractivity contribution in [3.05, 3.63) is 69.6 Å². The fourth-order valence-electron chi connectivity index (χ4n) is 3.54. The second kappa shape index (κ2) is 8.83. The highest BCUT2D eigenvalue weighted by atomic mass is 35.5. The maximum Gasteiger partial charge on any atom is 0.278 e. The van der Waals surface area contributed by atoms with Gasteiger partial charge in [-0.15, -0.1) is 23.7 Å². The van der Waals surface area contributed by atoms with Crippen LogP contribution < -0.4 is 5.32 Å². The lowest BCUT2D eigenvalue weighted by Gasteiger charge is -2.35. The summed E-state index contributed by atoms with van der Waals surface area (Å²) in [6.45, 7) is 3.57. The molecule has 148 valence electrons. The van der Waals surface area contributed by atoms with E-state index in [0.29, 0.717) is 5.56 Å². The number of aryl methyl sites for hydroxylation is 1. The molecule has 4 rings (SSSR count). The fourth-order valence-corrected chi connectivity index (χ4v) is 4.61. The summed E-state index contributed by atoms with van der Waals surface area (Å²) in [7, 11) is 2.02. The van der Waals surface area contributed by atoms with Crippen LogP contribution in [0, 0.1) is 10.1 Å². The molecule has 1 unspecified atom stereocenters. The van der Waals surface area contributed by atoms with Gasteiger partial charge in [-0.05, 0) is 18.2 Å². The van der Waals surface area contributed by atoms with E-state index in [2.05, 4.69) is 25.8 Å². The average Bonchev–Trinajstić information content (AvgIpc) is 3.31. The molecule has 1 saturated heterocycles. The van der Waals surface area contributed by atoms with Crippen LogP contribution in [0.4, 0.5) is 5.69 Å². The van der Waals surface area contributed by atoms with Gasteiger partial charge in [-0.25, -0.2) is 4.98 Å². The van der Waals surface area contributed by atoms with Gasteiger partial charge in [0.1, 0.15) is 5.82 Å². The number of para-hydroxylation sites is 1. The van der Waals surface area contributed by atoms with Crippen molar-refractivity contribution in [2.45, 2.75) is 12.6 Å². The van der Waals surface area contributed by atoms with E-state index in [9.17, 15) is 10.1 Å². The number of nitrogens with zero attached hydrogens (tertiary/aromatic N) is 4. The molecule has 1 atom stereocenters. The maximum absolute atomic E-state index is 11.3. The monoisotopic (exact) mass is 419 g/mol. The van der Waals surface area contributed by atoms with Crippen molar-refractivity contribution in [3.63, 3.8) is 0 Å². The summed E-state index contributed by atoms with van der Waals surface area (Å²) in [5.41, 5.74) is 0.832. The third-order valence-corrected chi connectivity index (χ3v) is 6.00. The molecule has 0 aliphatic carbocycles. The summed E-state index contributed by atoms with van der Waals surface area (Å²) in [6.07, 6.45) is 3.81. The average molecular weight is 420 g/mol. The van der Waals surface area contributed by atoms with Crippen molar-refractivity contribution in [2.24, 2.45) is 7.05 Å². The van der Waals surface area contributed by atoms with Crippen molar-refractivity contribution in [3.8, 4) is 10.4 Å². The molecule has 0 spiro atoms. The van der Waals surface area contributed by atoms with Gasteiger partial charge in [-0.3, -0.25) is 15.0 Å². The summed E-state index contributed by atoms with van der Waals surface area (Å²) in [5, 5.41) is 14.8. The van der Waals surface area contributed by atoms with Gasteiger partial charge in [0.15, 0.2) is 0 Å². The van der Waals surface area contributed by atoms with Gasteiger partial charge in [0.2, 0.25) is 0 Å². The molecule has 0 bridgehead atoms. The van der Waals surface area contributed by atoms with E-state index >= 15 is 0 Å². The molecule has 0 amide bonds. The lowest BCUT2D eigenvalue weighted by Crippen LogP contribution is -2.46. The number of nitro benzene ring substituents is 1. The van der Waals surface area contributed by atoms with Gasteiger partial charge in [0.05, 0.1) is 16.5 Å². The van der Waals surface area contributed by atoms with E-state index in [0.717, 1.165) is 36.9 Å². The Kier molecular flexibility index (Phi) is 6.46. The summed E-state index contributed by atoms with van der Waals surface area (Å²) in [5.74, 6) is 1.05. The first-order valence-corrected chi connectivity index (χ1v) is 9.69. The molecule has 3 aromatic rings. The van der Waals surface area contributed by atoms with Gasteiger partial charge >= 0.3 is 0 Å². The van der Waals surface area contributed by atoms with E-state index in [1.807, 2.05) is 37.6 Å². The zero-order chi connectivity index (χ0) is 18.8. The maximum atomic E-state index is 11.3. The SMILES string of the molecule is Cl.Cn1ccnc1C1CNCCN1Cc1ccc(-c2ccccc2[N+](=O)[O-])s1. The largest absolute Gasteiger partial charge is 0.337 e. The van der Waals surface area contributed by atoms with Crippen LogP contribution >= 0.6 is 23.7 Å². The van der Waals surface area contributed by atoms with Crippen LogP contribution in [0.15, 0.2) is 48.8 Å². The van der Waals surface area contributed by atoms with Gasteiger partial charge in [-0.1, -0.05) is 12.1 Å². The molecule has 7 nitrogen and oxygen atoms in total. The lowest BCUT2D eigenvalue weighted by atomic mass is 10.1. The van der Waals surface area contributed by atoms with Crippen LogP contribution in [-0.2, 0) is 13.6 Å². The van der Waals surface area contributed by atoms with E-state index in [1.54, 1.807) is 23.5 Å². The highest BCUT2D eigenvalue weighted by molar-refractivity contribution is 7.15. The Morgan fingerprint density at radius 3 is 2.89 bits per heavy atom. The Morgan fingerprint density at radius 1 is 1.32 bits per heavy atom. The van der Waals surface area contributed by atoms with Gasteiger partial charge in [0, 0.05) is 61.4 Å². The quantitative estimate of drug-likeness (QED) is 0.504. The van der Waals surface area contributed by atoms with Crippen LogP contribution in [0.2, 0.25) is 0 Å². The van der Waals surface area contributed by atoms with Gasteiger partial charge in [-0.2, -0.15) is 0 Å². The first-order valence-electron chi connectivity index (χ1n) is 8.88. The molecule has 3 heterocycles. The number of hydrogen-bond donors (Lipinski definition) is 1. The Bertz CT molecular complexity index is 957. The van der Waals surface area contributed by atoms with Crippen molar-refractivity contribution < 1.29 is 4.92 Å². The first kappa shape index (κ1) is 20.5. The number of aromatic nitrogens is 2. The molecule has 2 aromatic heterocycles. The Morgan fingerprint density at radius 2 is 2.14 bits per heavy atom. The molecule has 28 heavy (non-hydrogen) atoms. The second-order valence-corrected chi connectivity index (χ2v) is 7.80. The molecule has 1 aliphatic heterocycles. The predicted molar refractivity (Wildman–Crippen MR) is 113 cm³/mol. The van der Waals surface area contributed by atoms with Crippen LogP contribution in [0.5, 0.6) is 0 Å². The number of imidazole rings is 1. The molecule has 1 N–H and O–H groups in total. The minimum atomic E-state index is -0.317.